The van der Waals surface area contributed by atoms with Crippen LogP contribution in [0.5, 0.6) is 6.01 Å². The summed E-state index contributed by atoms with van der Waals surface area (Å²) in [5.74, 6) is -1.02. The first-order valence-corrected chi connectivity index (χ1v) is 18.9. The number of fused-ring (bicyclic) bond motifs is 2. The number of hydrogen-bond acceptors (Lipinski definition) is 8. The third-order valence-corrected chi connectivity index (χ3v) is 10.7. The van der Waals surface area contributed by atoms with E-state index in [0.717, 1.165) is 92.1 Å². The van der Waals surface area contributed by atoms with E-state index in [4.69, 9.17) is 37.6 Å². The lowest BCUT2D eigenvalue weighted by molar-refractivity contribution is -0.131. The molecule has 0 saturated carbocycles. The summed E-state index contributed by atoms with van der Waals surface area (Å²) in [7, 11) is 0. The fourth-order valence-electron chi connectivity index (χ4n) is 7.59. The van der Waals surface area contributed by atoms with Crippen molar-refractivity contribution in [1.29, 1.82) is 0 Å². The molecule has 6 rings (SSSR count). The van der Waals surface area contributed by atoms with E-state index in [-0.39, 0.29) is 24.5 Å². The van der Waals surface area contributed by atoms with Gasteiger partial charge in [0.25, 0.3) is 5.91 Å². The van der Waals surface area contributed by atoms with Crippen molar-refractivity contribution < 1.29 is 18.7 Å². The van der Waals surface area contributed by atoms with Crippen LogP contribution in [0.15, 0.2) is 48.8 Å². The Balaban J connectivity index is 1.22. The molecule has 0 N–H and O–H groups in total. The van der Waals surface area contributed by atoms with Crippen LogP contribution in [0.25, 0.3) is 15.6 Å². The molecule has 12 heteroatoms. The Bertz CT molecular complexity index is 1790. The average Bonchev–Trinajstić information content (AvgIpc) is 3.58. The lowest BCUT2D eigenvalue weighted by Gasteiger charge is -2.41. The molecule has 3 aliphatic heterocycles. The van der Waals surface area contributed by atoms with Crippen molar-refractivity contribution in [1.82, 2.24) is 19.8 Å². The van der Waals surface area contributed by atoms with Crippen molar-refractivity contribution in [2.45, 2.75) is 71.5 Å². The monoisotopic (exact) mass is 731 g/mol. The van der Waals surface area contributed by atoms with Gasteiger partial charge < -0.3 is 29.0 Å². The normalized spacial score (nSPS) is 19.5. The van der Waals surface area contributed by atoms with Crippen molar-refractivity contribution in [2.24, 2.45) is 5.41 Å². The Morgan fingerprint density at radius 3 is 2.65 bits per heavy atom. The summed E-state index contributed by atoms with van der Waals surface area (Å²) in [5.41, 5.74) is 3.23. The largest absolute Gasteiger partial charge is 0.462 e. The van der Waals surface area contributed by atoms with Gasteiger partial charge in [0, 0.05) is 68.6 Å². The van der Waals surface area contributed by atoms with Crippen LogP contribution >= 0.6 is 11.6 Å². The summed E-state index contributed by atoms with van der Waals surface area (Å²) >= 11 is 6.74. The maximum absolute atomic E-state index is 14.0. The molecule has 0 aliphatic carbocycles. The van der Waals surface area contributed by atoms with E-state index < -0.39 is 17.8 Å². The Labute approximate surface area is 312 Å². The minimum absolute atomic E-state index is 0.0565. The predicted molar refractivity (Wildman–Crippen MR) is 205 cm³/mol. The second-order valence-electron chi connectivity index (χ2n) is 15.3. The lowest BCUT2D eigenvalue weighted by atomic mass is 9.93. The van der Waals surface area contributed by atoms with E-state index in [1.807, 2.05) is 12.1 Å². The van der Waals surface area contributed by atoms with Gasteiger partial charge in [0.15, 0.2) is 5.83 Å². The molecule has 0 radical (unpaired) electrons. The van der Waals surface area contributed by atoms with Gasteiger partial charge in [-0.05, 0) is 61.6 Å². The van der Waals surface area contributed by atoms with Crippen LogP contribution in [0.4, 0.5) is 15.9 Å². The first-order chi connectivity index (χ1) is 25.0. The van der Waals surface area contributed by atoms with Crippen LogP contribution in [0, 0.1) is 12.0 Å². The van der Waals surface area contributed by atoms with Crippen LogP contribution in [0.1, 0.15) is 57.7 Å². The molecule has 2 aromatic carbocycles. The molecule has 52 heavy (non-hydrogen) atoms. The number of amides is 1. The number of ether oxygens (including phenoxy) is 2. The average molecular weight is 732 g/mol. The molecule has 1 aromatic heterocycles. The number of carbonyl (C=O) groups is 1. The molecule has 278 valence electrons. The molecule has 0 spiro atoms. The van der Waals surface area contributed by atoms with Crippen LogP contribution in [0.2, 0.25) is 5.02 Å². The Morgan fingerprint density at radius 2 is 1.88 bits per heavy atom. The van der Waals surface area contributed by atoms with E-state index in [1.165, 1.54) is 4.90 Å². The Kier molecular flexibility index (Phi) is 12.2. The minimum atomic E-state index is -1.01. The highest BCUT2D eigenvalue weighted by Crippen LogP contribution is 2.37. The zero-order chi connectivity index (χ0) is 36.8. The zero-order valence-corrected chi connectivity index (χ0v) is 31.5. The van der Waals surface area contributed by atoms with E-state index in [0.29, 0.717) is 43.7 Å². The summed E-state index contributed by atoms with van der Waals surface area (Å²) in [6, 6.07) is 12.3. The maximum atomic E-state index is 14.0. The van der Waals surface area contributed by atoms with E-state index in [9.17, 15) is 9.18 Å². The van der Waals surface area contributed by atoms with Gasteiger partial charge in [-0.25, -0.2) is 11.0 Å². The van der Waals surface area contributed by atoms with Gasteiger partial charge in [0.1, 0.15) is 18.5 Å². The van der Waals surface area contributed by atoms with Crippen LogP contribution in [0.3, 0.4) is 0 Å². The second kappa shape index (κ2) is 16.8. The quantitative estimate of drug-likeness (QED) is 0.106. The number of piperazine rings is 1. The molecule has 3 aliphatic rings. The Hall–Kier alpha value is -3.98. The maximum Gasteiger partial charge on any atom is 0.318 e. The fourth-order valence-corrected chi connectivity index (χ4v) is 7.87. The summed E-state index contributed by atoms with van der Waals surface area (Å²) < 4.78 is 26.3. The minimum Gasteiger partial charge on any atom is -0.462 e. The first kappa shape index (κ1) is 37.8. The lowest BCUT2D eigenvalue weighted by Crippen LogP contribution is -2.57. The fraction of sp³-hybridized carbons (Fsp3) is 0.550. The van der Waals surface area contributed by atoms with Crippen molar-refractivity contribution in [3.05, 3.63) is 76.5 Å². The summed E-state index contributed by atoms with van der Waals surface area (Å²) in [6.07, 6.45) is 4.88. The highest BCUT2D eigenvalue weighted by Gasteiger charge is 2.36. The van der Waals surface area contributed by atoms with Crippen LogP contribution in [-0.4, -0.2) is 103 Å². The second-order valence-corrected chi connectivity index (χ2v) is 15.7. The molecule has 4 heterocycles. The third-order valence-electron chi connectivity index (χ3n) is 10.4. The predicted octanol–water partition coefficient (Wildman–Crippen LogP) is 6.95. The molecule has 1 amide bonds. The number of benzene rings is 2. The third kappa shape index (κ3) is 8.96. The number of aromatic nitrogens is 2. The van der Waals surface area contributed by atoms with Gasteiger partial charge in [0.05, 0.1) is 17.3 Å². The molecule has 2 fully saturated rings. The van der Waals surface area contributed by atoms with Gasteiger partial charge in [0.2, 0.25) is 6.54 Å². The summed E-state index contributed by atoms with van der Waals surface area (Å²) in [4.78, 5) is 34.6. The van der Waals surface area contributed by atoms with Crippen molar-refractivity contribution >= 4 is 39.8 Å². The van der Waals surface area contributed by atoms with Gasteiger partial charge >= 0.3 is 6.01 Å². The van der Waals surface area contributed by atoms with Gasteiger partial charge in [-0.3, -0.25) is 9.69 Å². The number of likely N-dealkylation sites (tertiary alicyclic amines) is 1. The number of anilines is 2. The zero-order valence-electron chi connectivity index (χ0n) is 30.8. The SMILES string of the molecule is [C-]#[N+]C[C@H]1CN(c2nc(OCC3CCCN3CCCOCCC(C)(C)C)nc3c2CCN(c2cccc4cccc(Cl)c24)C3)CCN1C(=O)C(=C)F. The van der Waals surface area contributed by atoms with Crippen molar-refractivity contribution in [3.63, 3.8) is 0 Å². The van der Waals surface area contributed by atoms with Crippen LogP contribution in [-0.2, 0) is 22.5 Å². The van der Waals surface area contributed by atoms with Gasteiger partial charge in [-0.2, -0.15) is 9.97 Å². The summed E-state index contributed by atoms with van der Waals surface area (Å²) in [5, 5.41) is 2.80. The number of rotatable bonds is 13. The number of halogens is 2. The highest BCUT2D eigenvalue weighted by atomic mass is 35.5. The Morgan fingerprint density at radius 1 is 1.08 bits per heavy atom. The molecule has 10 nitrogen and oxygen atoms in total. The van der Waals surface area contributed by atoms with E-state index >= 15 is 0 Å². The molecule has 1 unspecified atom stereocenters. The standard InChI is InChI=1S/C40H51ClFN7O3/c1-28(42)38(50)49-21-20-48(25-31(49)24-43-5)37-32-15-19-47(35-14-7-11-29-10-6-13-33(41)36(29)35)26-34(32)44-39(45-37)52-27-30-12-8-17-46(30)18-9-22-51-23-16-40(2,3)4/h6-7,10-11,13-14,30-31H,1,8-9,12,15-27H2,2-4H3/t30?,31-/m0/s1. The van der Waals surface area contributed by atoms with Crippen LogP contribution < -0.4 is 14.5 Å². The topological polar surface area (TPSA) is 78.6 Å². The summed E-state index contributed by atoms with van der Waals surface area (Å²) in [6.45, 7) is 23.8. The molecule has 2 atom stereocenters. The molecular formula is C40H51ClFN7O3. The van der Waals surface area contributed by atoms with Gasteiger partial charge in [-0.15, -0.1) is 0 Å². The number of nitrogens with zero attached hydrogens (tertiary/aromatic N) is 7. The number of carbonyl (C=O) groups excluding carboxylic acids is 1. The van der Waals surface area contributed by atoms with Crippen molar-refractivity contribution in [2.75, 3.05) is 75.4 Å². The molecule has 2 saturated heterocycles. The highest BCUT2D eigenvalue weighted by molar-refractivity contribution is 6.36. The number of hydrogen-bond donors (Lipinski definition) is 0. The smallest absolute Gasteiger partial charge is 0.318 e. The molecule has 0 bridgehead atoms. The molecular weight excluding hydrogens is 681 g/mol. The van der Waals surface area contributed by atoms with E-state index in [1.54, 1.807) is 0 Å². The van der Waals surface area contributed by atoms with Gasteiger partial charge in [-0.1, -0.05) is 63.2 Å². The molecule has 3 aromatic rings. The first-order valence-electron chi connectivity index (χ1n) is 18.5. The van der Waals surface area contributed by atoms with Crippen molar-refractivity contribution in [3.8, 4) is 6.01 Å². The van der Waals surface area contributed by atoms with E-state index in [2.05, 4.69) is 71.2 Å².